The third-order valence-electron chi connectivity index (χ3n) is 4.29. The van der Waals surface area contributed by atoms with E-state index in [2.05, 4.69) is 0 Å². The number of methoxy groups -OCH3 is 1. The number of likely N-dealkylation sites (N-methyl/N-ethyl adjacent to an activating group) is 1. The quantitative estimate of drug-likeness (QED) is 0.687. The summed E-state index contributed by atoms with van der Waals surface area (Å²) in [7, 11) is -0.236. The highest BCUT2D eigenvalue weighted by Crippen LogP contribution is 2.30. The van der Waals surface area contributed by atoms with Crippen LogP contribution in [0.5, 0.6) is 5.75 Å². The molecular weight excluding hydrogens is 352 g/mol. The number of fused-ring (bicyclic) bond motifs is 1. The Balaban J connectivity index is 2.15. The highest BCUT2D eigenvalue weighted by molar-refractivity contribution is 7.90. The molecule has 26 heavy (non-hydrogen) atoms. The van der Waals surface area contributed by atoms with Gasteiger partial charge in [-0.15, -0.1) is 0 Å². The van der Waals surface area contributed by atoms with Crippen molar-refractivity contribution in [1.82, 2.24) is 8.87 Å². The summed E-state index contributed by atoms with van der Waals surface area (Å²) in [6.45, 7) is 1.17. The molecule has 0 amide bonds. The number of aromatic nitrogens is 1. The van der Waals surface area contributed by atoms with Crippen molar-refractivity contribution in [2.24, 2.45) is 0 Å². The normalized spacial score (nSPS) is 12.0. The molecule has 0 atom stereocenters. The van der Waals surface area contributed by atoms with Crippen molar-refractivity contribution in [3.8, 4) is 5.75 Å². The molecule has 2 aromatic carbocycles. The van der Waals surface area contributed by atoms with Crippen LogP contribution < -0.4 is 4.74 Å². The molecule has 6 nitrogen and oxygen atoms in total. The monoisotopic (exact) mass is 374 g/mol. The van der Waals surface area contributed by atoms with Crippen LogP contribution in [-0.4, -0.2) is 49.7 Å². The zero-order valence-electron chi connectivity index (χ0n) is 14.8. The van der Waals surface area contributed by atoms with Crippen molar-refractivity contribution >= 4 is 20.9 Å². The molecular formula is C19H22N2O4S. The first-order chi connectivity index (χ1) is 12.5. The van der Waals surface area contributed by atoms with Crippen LogP contribution in [0.3, 0.4) is 0 Å². The molecule has 1 N–H and O–H groups in total. The van der Waals surface area contributed by atoms with Gasteiger partial charge in [-0.2, -0.15) is 0 Å². The van der Waals surface area contributed by atoms with Gasteiger partial charge in [0.2, 0.25) is 0 Å². The summed E-state index contributed by atoms with van der Waals surface area (Å²) in [5.74, 6) is 0.591. The predicted molar refractivity (Wildman–Crippen MR) is 101 cm³/mol. The molecule has 3 rings (SSSR count). The largest absolute Gasteiger partial charge is 0.497 e. The molecule has 0 radical (unpaired) electrons. The van der Waals surface area contributed by atoms with Gasteiger partial charge in [-0.05, 0) is 36.9 Å². The molecule has 0 aliphatic rings. The maximum Gasteiger partial charge on any atom is 0.268 e. The minimum Gasteiger partial charge on any atom is -0.497 e. The van der Waals surface area contributed by atoms with E-state index in [0.717, 1.165) is 10.9 Å². The number of ether oxygens (including phenoxy) is 1. The van der Waals surface area contributed by atoms with Gasteiger partial charge in [0, 0.05) is 30.7 Å². The summed E-state index contributed by atoms with van der Waals surface area (Å²) in [5.41, 5.74) is 1.51. The molecule has 0 bridgehead atoms. The fourth-order valence-corrected chi connectivity index (χ4v) is 4.33. The molecule has 0 saturated carbocycles. The van der Waals surface area contributed by atoms with Crippen molar-refractivity contribution in [3.05, 3.63) is 60.3 Å². The number of benzene rings is 2. The van der Waals surface area contributed by atoms with Crippen LogP contribution in [-0.2, 0) is 16.6 Å². The van der Waals surface area contributed by atoms with Crippen LogP contribution in [0, 0.1) is 0 Å². The van der Waals surface area contributed by atoms with Gasteiger partial charge < -0.3 is 9.84 Å². The minimum absolute atomic E-state index is 0.0625. The third-order valence-corrected chi connectivity index (χ3v) is 5.99. The Labute approximate surface area is 153 Å². The van der Waals surface area contributed by atoms with E-state index in [1.54, 1.807) is 55.8 Å². The van der Waals surface area contributed by atoms with Crippen molar-refractivity contribution in [1.29, 1.82) is 0 Å². The lowest BCUT2D eigenvalue weighted by Crippen LogP contribution is -2.21. The Morgan fingerprint density at radius 3 is 2.54 bits per heavy atom. The SMILES string of the molecule is COc1cc(CN(C)CCO)c2ccn(S(=O)(=O)c3ccccc3)c2c1. The fourth-order valence-electron chi connectivity index (χ4n) is 2.97. The average molecular weight is 374 g/mol. The fraction of sp³-hybridized carbons (Fsp3) is 0.263. The highest BCUT2D eigenvalue weighted by Gasteiger charge is 2.20. The van der Waals surface area contributed by atoms with Crippen LogP contribution in [0.2, 0.25) is 0 Å². The highest BCUT2D eigenvalue weighted by atomic mass is 32.2. The first kappa shape index (κ1) is 18.4. The number of hydrogen-bond donors (Lipinski definition) is 1. The standard InChI is InChI=1S/C19H22N2O4S/c1-20(10-11-22)14-15-12-16(25-2)13-19-18(15)8-9-21(19)26(23,24)17-6-4-3-5-7-17/h3-9,12-13,22H,10-11,14H2,1-2H3. The van der Waals surface area contributed by atoms with E-state index in [1.807, 2.05) is 18.0 Å². The smallest absolute Gasteiger partial charge is 0.268 e. The number of hydrogen-bond acceptors (Lipinski definition) is 5. The van der Waals surface area contributed by atoms with E-state index >= 15 is 0 Å². The van der Waals surface area contributed by atoms with Crippen molar-refractivity contribution in [2.45, 2.75) is 11.4 Å². The van der Waals surface area contributed by atoms with Crippen molar-refractivity contribution in [2.75, 3.05) is 27.3 Å². The zero-order valence-corrected chi connectivity index (χ0v) is 15.6. The summed E-state index contributed by atoms with van der Waals surface area (Å²) in [4.78, 5) is 2.20. The molecule has 0 aliphatic heterocycles. The first-order valence-corrected chi connectivity index (χ1v) is 9.69. The van der Waals surface area contributed by atoms with Crippen LogP contribution in [0.25, 0.3) is 10.9 Å². The van der Waals surface area contributed by atoms with E-state index < -0.39 is 10.0 Å². The summed E-state index contributed by atoms with van der Waals surface area (Å²) >= 11 is 0. The second-order valence-electron chi connectivity index (χ2n) is 6.11. The molecule has 1 aromatic heterocycles. The maximum absolute atomic E-state index is 13.0. The third kappa shape index (κ3) is 3.46. The molecule has 138 valence electrons. The Bertz CT molecular complexity index is 997. The van der Waals surface area contributed by atoms with Crippen LogP contribution in [0.4, 0.5) is 0 Å². The Hall–Kier alpha value is -2.35. The van der Waals surface area contributed by atoms with Crippen LogP contribution in [0.15, 0.2) is 59.6 Å². The topological polar surface area (TPSA) is 71.8 Å². The number of nitrogens with zero attached hydrogens (tertiary/aromatic N) is 2. The Kier molecular flexibility index (Phi) is 5.31. The van der Waals surface area contributed by atoms with Gasteiger partial charge in [-0.3, -0.25) is 4.90 Å². The van der Waals surface area contributed by atoms with Gasteiger partial charge in [0.25, 0.3) is 10.0 Å². The molecule has 0 fully saturated rings. The van der Waals surface area contributed by atoms with Gasteiger partial charge in [-0.25, -0.2) is 12.4 Å². The van der Waals surface area contributed by atoms with Gasteiger partial charge in [-0.1, -0.05) is 18.2 Å². The van der Waals surface area contributed by atoms with Crippen molar-refractivity contribution in [3.63, 3.8) is 0 Å². The van der Waals surface area contributed by atoms with Gasteiger partial charge in [0.1, 0.15) is 5.75 Å². The summed E-state index contributed by atoms with van der Waals surface area (Å²) in [6.07, 6.45) is 1.57. The lowest BCUT2D eigenvalue weighted by molar-refractivity contribution is 0.217. The molecule has 0 spiro atoms. The number of aliphatic hydroxyl groups excluding tert-OH is 1. The summed E-state index contributed by atoms with van der Waals surface area (Å²) in [5, 5.41) is 9.96. The van der Waals surface area contributed by atoms with Crippen LogP contribution >= 0.6 is 0 Å². The molecule has 0 aliphatic carbocycles. The van der Waals surface area contributed by atoms with E-state index in [9.17, 15) is 8.42 Å². The number of aliphatic hydroxyl groups is 1. The van der Waals surface area contributed by atoms with E-state index in [-0.39, 0.29) is 11.5 Å². The predicted octanol–water partition coefficient (Wildman–Crippen LogP) is 2.31. The summed E-state index contributed by atoms with van der Waals surface area (Å²) in [6, 6.07) is 13.8. The second-order valence-corrected chi connectivity index (χ2v) is 7.93. The summed E-state index contributed by atoms with van der Waals surface area (Å²) < 4.78 is 32.7. The zero-order chi connectivity index (χ0) is 18.7. The maximum atomic E-state index is 13.0. The molecule has 0 unspecified atom stereocenters. The molecule has 0 saturated heterocycles. The average Bonchev–Trinajstić information content (AvgIpc) is 3.07. The molecule has 7 heteroatoms. The van der Waals surface area contributed by atoms with Gasteiger partial charge in [0.15, 0.2) is 0 Å². The molecule has 3 aromatic rings. The van der Waals surface area contributed by atoms with E-state index in [4.69, 9.17) is 9.84 Å². The lowest BCUT2D eigenvalue weighted by atomic mass is 10.1. The van der Waals surface area contributed by atoms with Gasteiger partial charge in [0.05, 0.1) is 24.1 Å². The van der Waals surface area contributed by atoms with Crippen LogP contribution in [0.1, 0.15) is 5.56 Å². The second kappa shape index (κ2) is 7.49. The minimum atomic E-state index is -3.70. The molecule has 1 heterocycles. The number of rotatable bonds is 7. The van der Waals surface area contributed by atoms with Gasteiger partial charge >= 0.3 is 0 Å². The van der Waals surface area contributed by atoms with E-state index in [1.165, 1.54) is 3.97 Å². The first-order valence-electron chi connectivity index (χ1n) is 8.25. The Morgan fingerprint density at radius 1 is 1.15 bits per heavy atom. The lowest BCUT2D eigenvalue weighted by Gasteiger charge is -2.17. The Morgan fingerprint density at radius 2 is 1.88 bits per heavy atom. The van der Waals surface area contributed by atoms with Crippen molar-refractivity contribution < 1.29 is 18.3 Å². The van der Waals surface area contributed by atoms with E-state index in [0.29, 0.717) is 24.4 Å².